The van der Waals surface area contributed by atoms with E-state index in [0.29, 0.717) is 52.4 Å². The Bertz CT molecular complexity index is 1490. The molecule has 1 saturated heterocycles. The fraction of sp³-hybridized carbons (Fsp3) is 0.231. The summed E-state index contributed by atoms with van der Waals surface area (Å²) in [5, 5.41) is 13.7. The number of rotatable bonds is 7. The van der Waals surface area contributed by atoms with Crippen LogP contribution < -0.4 is 14.4 Å². The van der Waals surface area contributed by atoms with E-state index in [4.69, 9.17) is 9.47 Å². The summed E-state index contributed by atoms with van der Waals surface area (Å²) < 4.78 is 13.2. The average molecular weight is 505 g/mol. The molecule has 5 rings (SSSR count). The minimum absolute atomic E-state index is 0.0458. The second-order valence-electron chi connectivity index (χ2n) is 8.03. The fourth-order valence-electron chi connectivity index (χ4n) is 4.44. The lowest BCUT2D eigenvalue weighted by molar-refractivity contribution is -0.132. The summed E-state index contributed by atoms with van der Waals surface area (Å²) in [4.78, 5) is 36.9. The molecule has 3 aromatic heterocycles. The summed E-state index contributed by atoms with van der Waals surface area (Å²) in [7, 11) is 0. The van der Waals surface area contributed by atoms with Gasteiger partial charge in [0.2, 0.25) is 0 Å². The van der Waals surface area contributed by atoms with Gasteiger partial charge in [-0.3, -0.25) is 18.9 Å². The third-order valence-corrected chi connectivity index (χ3v) is 6.65. The van der Waals surface area contributed by atoms with Gasteiger partial charge in [-0.1, -0.05) is 12.1 Å². The third-order valence-electron chi connectivity index (χ3n) is 5.88. The lowest BCUT2D eigenvalue weighted by Crippen LogP contribution is -2.29. The third kappa shape index (κ3) is 3.79. The molecule has 0 radical (unpaired) electrons. The van der Waals surface area contributed by atoms with Crippen LogP contribution in [0, 0.1) is 6.92 Å². The minimum Gasteiger partial charge on any atom is -0.505 e. The Morgan fingerprint density at radius 1 is 1.11 bits per heavy atom. The van der Waals surface area contributed by atoms with E-state index in [0.717, 1.165) is 0 Å². The quantitative estimate of drug-likeness (QED) is 0.224. The Morgan fingerprint density at radius 2 is 1.89 bits per heavy atom. The Kier molecular flexibility index (Phi) is 6.19. The summed E-state index contributed by atoms with van der Waals surface area (Å²) in [6.07, 6.45) is 3.31. The van der Waals surface area contributed by atoms with E-state index < -0.39 is 17.7 Å². The maximum absolute atomic E-state index is 13.4. The zero-order chi connectivity index (χ0) is 25.4. The molecule has 1 fully saturated rings. The number of amides is 1. The van der Waals surface area contributed by atoms with Crippen molar-refractivity contribution in [3.05, 3.63) is 76.7 Å². The van der Waals surface area contributed by atoms with E-state index in [1.165, 1.54) is 16.2 Å². The molecule has 0 bridgehead atoms. The molecule has 4 aromatic rings. The highest BCUT2D eigenvalue weighted by Crippen LogP contribution is 2.45. The standard InChI is InChI=1S/C26H24N4O5S/c1-4-34-17-10-9-16(14-18(17)35-5-2)22-20(24(32)25(33)30(22)26-27-11-13-36-26)23(31)21-15(3)28-19-8-6-7-12-29(19)21/h6-14,22,31H,4-5H2,1-3H3/b23-20+. The Balaban J connectivity index is 1.76. The van der Waals surface area contributed by atoms with Crippen LogP contribution in [0.15, 0.2) is 59.7 Å². The van der Waals surface area contributed by atoms with Crippen molar-refractivity contribution in [1.29, 1.82) is 0 Å². The number of hydrogen-bond acceptors (Lipinski definition) is 8. The van der Waals surface area contributed by atoms with Gasteiger partial charge in [0.1, 0.15) is 11.3 Å². The van der Waals surface area contributed by atoms with Gasteiger partial charge in [-0.2, -0.15) is 0 Å². The first-order valence-electron chi connectivity index (χ1n) is 11.5. The molecule has 36 heavy (non-hydrogen) atoms. The normalized spacial score (nSPS) is 17.2. The molecule has 1 atom stereocenters. The number of ether oxygens (including phenoxy) is 2. The maximum Gasteiger partial charge on any atom is 0.301 e. The van der Waals surface area contributed by atoms with Crippen LogP contribution in [-0.4, -0.2) is 44.4 Å². The number of aliphatic hydroxyl groups excluding tert-OH is 1. The maximum atomic E-state index is 13.4. The molecule has 0 aliphatic carbocycles. The molecule has 1 aliphatic heterocycles. The molecular weight excluding hydrogens is 480 g/mol. The molecule has 1 N–H and O–H groups in total. The number of aryl methyl sites for hydroxylation is 1. The molecule has 9 nitrogen and oxygen atoms in total. The second kappa shape index (κ2) is 9.46. The predicted octanol–water partition coefficient (Wildman–Crippen LogP) is 4.52. The number of thiazole rings is 1. The second-order valence-corrected chi connectivity index (χ2v) is 8.90. The van der Waals surface area contributed by atoms with Crippen LogP contribution in [0.4, 0.5) is 5.13 Å². The molecule has 1 amide bonds. The first-order valence-corrected chi connectivity index (χ1v) is 12.4. The van der Waals surface area contributed by atoms with Gasteiger partial charge in [0.15, 0.2) is 22.4 Å². The van der Waals surface area contributed by atoms with Crippen molar-refractivity contribution < 1.29 is 24.2 Å². The van der Waals surface area contributed by atoms with Crippen LogP contribution in [0.3, 0.4) is 0 Å². The first kappa shape index (κ1) is 23.6. The highest BCUT2D eigenvalue weighted by atomic mass is 32.1. The molecule has 10 heteroatoms. The van der Waals surface area contributed by atoms with Crippen molar-refractivity contribution in [3.8, 4) is 11.5 Å². The zero-order valence-electron chi connectivity index (χ0n) is 20.0. The number of aromatic nitrogens is 3. The van der Waals surface area contributed by atoms with Crippen molar-refractivity contribution in [2.45, 2.75) is 26.8 Å². The lowest BCUT2D eigenvalue weighted by Gasteiger charge is -2.24. The van der Waals surface area contributed by atoms with Crippen molar-refractivity contribution in [1.82, 2.24) is 14.4 Å². The molecule has 1 unspecified atom stereocenters. The highest BCUT2D eigenvalue weighted by molar-refractivity contribution is 7.14. The Hall–Kier alpha value is -4.18. The van der Waals surface area contributed by atoms with E-state index in [1.807, 2.05) is 19.9 Å². The number of nitrogens with zero attached hydrogens (tertiary/aromatic N) is 4. The monoisotopic (exact) mass is 504 g/mol. The van der Waals surface area contributed by atoms with Gasteiger partial charge in [0.05, 0.1) is 30.5 Å². The molecule has 0 saturated carbocycles. The largest absolute Gasteiger partial charge is 0.505 e. The SMILES string of the molecule is CCOc1ccc(C2/C(=C(\O)c3c(C)nc4ccccn34)C(=O)C(=O)N2c2nccs2)cc1OCC. The average Bonchev–Trinajstić information content (AvgIpc) is 3.57. The number of carbonyl (C=O) groups is 2. The number of anilines is 1. The van der Waals surface area contributed by atoms with E-state index in [1.54, 1.807) is 59.4 Å². The molecular formula is C26H24N4O5S. The number of imidazole rings is 1. The first-order chi connectivity index (χ1) is 17.5. The van der Waals surface area contributed by atoms with Gasteiger partial charge < -0.3 is 14.6 Å². The van der Waals surface area contributed by atoms with E-state index >= 15 is 0 Å². The van der Waals surface area contributed by atoms with E-state index in [2.05, 4.69) is 9.97 Å². The number of hydrogen-bond donors (Lipinski definition) is 1. The van der Waals surface area contributed by atoms with Crippen LogP contribution in [0.2, 0.25) is 0 Å². The summed E-state index contributed by atoms with van der Waals surface area (Å²) >= 11 is 1.23. The van der Waals surface area contributed by atoms with Gasteiger partial charge in [-0.25, -0.2) is 9.97 Å². The van der Waals surface area contributed by atoms with E-state index in [-0.39, 0.29) is 11.3 Å². The minimum atomic E-state index is -0.931. The summed E-state index contributed by atoms with van der Waals surface area (Å²) in [5.74, 6) is -0.848. The summed E-state index contributed by atoms with van der Waals surface area (Å²) in [6.45, 7) is 6.33. The number of aliphatic hydroxyl groups is 1. The number of carbonyl (C=O) groups excluding carboxylic acids is 2. The summed E-state index contributed by atoms with van der Waals surface area (Å²) in [5.41, 5.74) is 2.02. The fourth-order valence-corrected chi connectivity index (χ4v) is 5.11. The lowest BCUT2D eigenvalue weighted by atomic mass is 9.96. The zero-order valence-corrected chi connectivity index (χ0v) is 20.8. The topological polar surface area (TPSA) is 106 Å². The molecule has 1 aromatic carbocycles. The number of fused-ring (bicyclic) bond motifs is 1. The molecule has 184 valence electrons. The number of ketones is 1. The van der Waals surface area contributed by atoms with Crippen molar-refractivity contribution >= 4 is 39.6 Å². The van der Waals surface area contributed by atoms with Crippen molar-refractivity contribution in [3.63, 3.8) is 0 Å². The van der Waals surface area contributed by atoms with Crippen LogP contribution in [0.1, 0.15) is 36.8 Å². The Morgan fingerprint density at radius 3 is 2.61 bits per heavy atom. The highest BCUT2D eigenvalue weighted by Gasteiger charge is 2.48. The number of Topliss-reactive ketones (excluding diaryl/α,β-unsaturated/α-hetero) is 1. The number of benzene rings is 1. The van der Waals surface area contributed by atoms with Crippen LogP contribution >= 0.6 is 11.3 Å². The predicted molar refractivity (Wildman–Crippen MR) is 136 cm³/mol. The number of pyridine rings is 1. The van der Waals surface area contributed by atoms with Gasteiger partial charge in [0, 0.05) is 17.8 Å². The van der Waals surface area contributed by atoms with Crippen molar-refractivity contribution in [2.75, 3.05) is 18.1 Å². The van der Waals surface area contributed by atoms with Gasteiger partial charge in [-0.05, 0) is 50.6 Å². The van der Waals surface area contributed by atoms with Crippen LogP contribution in [0.5, 0.6) is 11.5 Å². The molecule has 1 aliphatic rings. The molecule has 4 heterocycles. The van der Waals surface area contributed by atoms with Gasteiger partial charge in [-0.15, -0.1) is 11.3 Å². The molecule has 0 spiro atoms. The summed E-state index contributed by atoms with van der Waals surface area (Å²) in [6, 6.07) is 9.75. The van der Waals surface area contributed by atoms with Crippen molar-refractivity contribution in [2.24, 2.45) is 0 Å². The van der Waals surface area contributed by atoms with Gasteiger partial charge >= 0.3 is 5.91 Å². The van der Waals surface area contributed by atoms with Crippen LogP contribution in [0.25, 0.3) is 11.4 Å². The van der Waals surface area contributed by atoms with Crippen LogP contribution in [-0.2, 0) is 9.59 Å². The smallest absolute Gasteiger partial charge is 0.301 e. The van der Waals surface area contributed by atoms with E-state index in [9.17, 15) is 14.7 Å². The van der Waals surface area contributed by atoms with Gasteiger partial charge in [0.25, 0.3) is 5.78 Å². The Labute approximate surface area is 211 Å².